The van der Waals surface area contributed by atoms with Crippen LogP contribution in [0.5, 0.6) is 0 Å². The van der Waals surface area contributed by atoms with Crippen LogP contribution in [-0.4, -0.2) is 13.6 Å². The lowest BCUT2D eigenvalue weighted by atomic mass is 10.1. The van der Waals surface area contributed by atoms with Gasteiger partial charge in [0.2, 0.25) is 0 Å². The van der Waals surface area contributed by atoms with Crippen molar-refractivity contribution in [3.05, 3.63) is 42.0 Å². The van der Waals surface area contributed by atoms with Gasteiger partial charge in [-0.15, -0.1) is 0 Å². The number of rotatable bonds is 5. The molecule has 0 aliphatic heterocycles. The van der Waals surface area contributed by atoms with E-state index in [0.717, 1.165) is 0 Å². The number of hydrogen-bond acceptors (Lipinski definition) is 0. The van der Waals surface area contributed by atoms with E-state index in [4.69, 9.17) is 0 Å². The molecule has 0 bridgehead atoms. The van der Waals surface area contributed by atoms with Gasteiger partial charge < -0.3 is 5.32 Å². The van der Waals surface area contributed by atoms with Gasteiger partial charge in [0.1, 0.15) is 0 Å². The highest BCUT2D eigenvalue weighted by molar-refractivity contribution is 5.47. The molecule has 1 nitrogen and oxygen atoms in total. The average molecular weight is 176 g/mol. The Bertz CT molecular complexity index is 248. The maximum atomic E-state index is 3.73. The fourth-order valence-electron chi connectivity index (χ4n) is 1.33. The Balaban J connectivity index is 2.44. The molecule has 0 saturated carbocycles. The molecule has 1 aromatic rings. The Hall–Kier alpha value is -1.08. The van der Waals surface area contributed by atoms with E-state index in [9.17, 15) is 0 Å². The van der Waals surface area contributed by atoms with Crippen LogP contribution in [0.25, 0.3) is 6.08 Å². The SMILES string of the molecule is C=Cc1ccc(CCC[NH2+]C)cc1. The average Bonchev–Trinajstić information content (AvgIpc) is 2.19. The largest absolute Gasteiger partial charge is 0.349 e. The zero-order valence-electron chi connectivity index (χ0n) is 8.29. The molecular formula is C12H18N+. The fourth-order valence-corrected chi connectivity index (χ4v) is 1.33. The van der Waals surface area contributed by atoms with Gasteiger partial charge in [-0.25, -0.2) is 0 Å². The lowest BCUT2D eigenvalue weighted by Crippen LogP contribution is -2.79. The summed E-state index contributed by atoms with van der Waals surface area (Å²) in [6.07, 6.45) is 4.31. The molecule has 0 aliphatic carbocycles. The van der Waals surface area contributed by atoms with Gasteiger partial charge in [-0.05, 0) is 17.5 Å². The normalized spacial score (nSPS) is 9.92. The molecule has 0 aliphatic rings. The van der Waals surface area contributed by atoms with E-state index in [-0.39, 0.29) is 0 Å². The molecule has 0 aromatic heterocycles. The minimum atomic E-state index is 1.18. The molecule has 70 valence electrons. The minimum Gasteiger partial charge on any atom is -0.349 e. The fraction of sp³-hybridized carbons (Fsp3) is 0.333. The quantitative estimate of drug-likeness (QED) is 0.654. The summed E-state index contributed by atoms with van der Waals surface area (Å²) in [5, 5.41) is 2.22. The van der Waals surface area contributed by atoms with Crippen LogP contribution in [0.4, 0.5) is 0 Å². The molecule has 13 heavy (non-hydrogen) atoms. The Kier molecular flexibility index (Phi) is 4.27. The van der Waals surface area contributed by atoms with Crippen molar-refractivity contribution in [1.29, 1.82) is 0 Å². The van der Waals surface area contributed by atoms with Crippen molar-refractivity contribution >= 4 is 6.08 Å². The predicted octanol–water partition coefficient (Wildman–Crippen LogP) is 1.46. The Labute approximate surface area is 80.5 Å². The maximum absolute atomic E-state index is 3.73. The van der Waals surface area contributed by atoms with Crippen molar-refractivity contribution in [2.75, 3.05) is 13.6 Å². The zero-order valence-corrected chi connectivity index (χ0v) is 8.29. The van der Waals surface area contributed by atoms with Crippen LogP contribution < -0.4 is 5.32 Å². The number of nitrogens with two attached hydrogens (primary N) is 1. The number of benzene rings is 1. The lowest BCUT2D eigenvalue weighted by molar-refractivity contribution is -0.627. The van der Waals surface area contributed by atoms with E-state index < -0.39 is 0 Å². The summed E-state index contributed by atoms with van der Waals surface area (Å²) in [6, 6.07) is 8.62. The van der Waals surface area contributed by atoms with Crippen molar-refractivity contribution in [2.24, 2.45) is 0 Å². The zero-order chi connectivity index (χ0) is 9.52. The van der Waals surface area contributed by atoms with Crippen molar-refractivity contribution in [3.8, 4) is 0 Å². The number of hydrogen-bond donors (Lipinski definition) is 1. The second-order valence-electron chi connectivity index (χ2n) is 3.25. The Morgan fingerprint density at radius 1 is 1.31 bits per heavy atom. The summed E-state index contributed by atoms with van der Waals surface area (Å²) in [5.74, 6) is 0. The van der Waals surface area contributed by atoms with Crippen LogP contribution in [-0.2, 0) is 6.42 Å². The van der Waals surface area contributed by atoms with Gasteiger partial charge in [0.25, 0.3) is 0 Å². The van der Waals surface area contributed by atoms with Gasteiger partial charge in [-0.1, -0.05) is 36.9 Å². The molecular weight excluding hydrogens is 158 g/mol. The van der Waals surface area contributed by atoms with Crippen LogP contribution in [0, 0.1) is 0 Å². The monoisotopic (exact) mass is 176 g/mol. The molecule has 0 fully saturated rings. The molecule has 0 unspecified atom stereocenters. The van der Waals surface area contributed by atoms with Crippen LogP contribution in [0.15, 0.2) is 30.8 Å². The minimum absolute atomic E-state index is 1.18. The van der Waals surface area contributed by atoms with Gasteiger partial charge in [0.15, 0.2) is 0 Å². The standard InChI is InChI=1S/C12H17N/c1-3-11-6-8-12(9-7-11)5-4-10-13-2/h3,6-9,13H,1,4-5,10H2,2H3/p+1. The molecule has 2 N–H and O–H groups in total. The van der Waals surface area contributed by atoms with E-state index in [1.807, 2.05) is 6.08 Å². The van der Waals surface area contributed by atoms with Crippen LogP contribution in [0.3, 0.4) is 0 Å². The van der Waals surface area contributed by atoms with Gasteiger partial charge in [-0.2, -0.15) is 0 Å². The number of aryl methyl sites for hydroxylation is 1. The summed E-state index contributed by atoms with van der Waals surface area (Å²) in [5.41, 5.74) is 2.62. The summed E-state index contributed by atoms with van der Waals surface area (Å²) in [6.45, 7) is 4.94. The predicted molar refractivity (Wildman–Crippen MR) is 57.6 cm³/mol. The van der Waals surface area contributed by atoms with Gasteiger partial charge in [0, 0.05) is 6.42 Å². The molecule has 0 spiro atoms. The van der Waals surface area contributed by atoms with Gasteiger partial charge in [0.05, 0.1) is 13.6 Å². The highest BCUT2D eigenvalue weighted by Gasteiger charge is 1.93. The molecule has 0 radical (unpaired) electrons. The smallest absolute Gasteiger partial charge is 0.0756 e. The first-order valence-corrected chi connectivity index (χ1v) is 4.86. The third kappa shape index (κ3) is 3.43. The molecule has 0 heterocycles. The summed E-state index contributed by atoms with van der Waals surface area (Å²) < 4.78 is 0. The summed E-state index contributed by atoms with van der Waals surface area (Å²) >= 11 is 0. The van der Waals surface area contributed by atoms with E-state index in [1.54, 1.807) is 0 Å². The van der Waals surface area contributed by atoms with Crippen LogP contribution >= 0.6 is 0 Å². The van der Waals surface area contributed by atoms with Crippen LogP contribution in [0.1, 0.15) is 17.5 Å². The molecule has 1 rings (SSSR count). The van der Waals surface area contributed by atoms with Crippen molar-refractivity contribution in [1.82, 2.24) is 0 Å². The first kappa shape index (κ1) is 10.0. The second kappa shape index (κ2) is 5.55. The number of quaternary nitrogens is 1. The lowest BCUT2D eigenvalue weighted by Gasteiger charge is -2.00. The molecule has 1 aromatic carbocycles. The van der Waals surface area contributed by atoms with Gasteiger partial charge >= 0.3 is 0 Å². The van der Waals surface area contributed by atoms with Crippen molar-refractivity contribution in [3.63, 3.8) is 0 Å². The van der Waals surface area contributed by atoms with Crippen molar-refractivity contribution < 1.29 is 5.32 Å². The van der Waals surface area contributed by atoms with E-state index >= 15 is 0 Å². The third-order valence-electron chi connectivity index (χ3n) is 2.17. The molecule has 0 atom stereocenters. The van der Waals surface area contributed by atoms with E-state index in [0.29, 0.717) is 0 Å². The topological polar surface area (TPSA) is 16.6 Å². The third-order valence-corrected chi connectivity index (χ3v) is 2.17. The van der Waals surface area contributed by atoms with Crippen LogP contribution in [0.2, 0.25) is 0 Å². The Morgan fingerprint density at radius 3 is 2.54 bits per heavy atom. The maximum Gasteiger partial charge on any atom is 0.0756 e. The summed E-state index contributed by atoms with van der Waals surface area (Å²) in [4.78, 5) is 0. The molecule has 0 amide bonds. The first-order chi connectivity index (χ1) is 6.36. The molecule has 0 saturated heterocycles. The molecule has 1 heteroatoms. The first-order valence-electron chi connectivity index (χ1n) is 4.86. The van der Waals surface area contributed by atoms with E-state index in [1.165, 1.54) is 30.5 Å². The Morgan fingerprint density at radius 2 is 2.00 bits per heavy atom. The van der Waals surface area contributed by atoms with E-state index in [2.05, 4.69) is 43.2 Å². The highest BCUT2D eigenvalue weighted by Crippen LogP contribution is 2.06. The highest BCUT2D eigenvalue weighted by atomic mass is 14.8. The summed E-state index contributed by atoms with van der Waals surface area (Å²) in [7, 11) is 2.11. The van der Waals surface area contributed by atoms with Crippen molar-refractivity contribution in [2.45, 2.75) is 12.8 Å². The van der Waals surface area contributed by atoms with Gasteiger partial charge in [-0.3, -0.25) is 0 Å². The second-order valence-corrected chi connectivity index (χ2v) is 3.25.